The van der Waals surface area contributed by atoms with Gasteiger partial charge in [0, 0.05) is 10.6 Å². The van der Waals surface area contributed by atoms with E-state index in [1.165, 1.54) is 25.3 Å². The Hall–Kier alpha value is -2.69. The normalized spacial score (nSPS) is 12.8. The van der Waals surface area contributed by atoms with Crippen molar-refractivity contribution in [1.29, 1.82) is 0 Å². The summed E-state index contributed by atoms with van der Waals surface area (Å²) >= 11 is 6.02. The average molecular weight is 459 g/mol. The number of alkyl halides is 7. The van der Waals surface area contributed by atoms with Gasteiger partial charge in [0.2, 0.25) is 0 Å². The zero-order valence-corrected chi connectivity index (χ0v) is 15.9. The second-order valence-electron chi connectivity index (χ2n) is 5.81. The molecule has 0 spiro atoms. The summed E-state index contributed by atoms with van der Waals surface area (Å²) < 4.78 is 98.8. The Kier molecular flexibility index (Phi) is 7.06. The molecule has 2 aromatic rings. The van der Waals surface area contributed by atoms with Crippen LogP contribution in [0.15, 0.2) is 47.6 Å². The first kappa shape index (κ1) is 23.6. The van der Waals surface area contributed by atoms with Crippen molar-refractivity contribution in [1.82, 2.24) is 5.43 Å². The quantitative estimate of drug-likeness (QED) is 0.241. The van der Waals surface area contributed by atoms with Crippen LogP contribution in [0.25, 0.3) is 0 Å². The van der Waals surface area contributed by atoms with Gasteiger partial charge >= 0.3 is 18.1 Å². The number of hydrogen-bond donors (Lipinski definition) is 1. The lowest BCUT2D eigenvalue weighted by Gasteiger charge is -2.27. The molecular weight excluding hydrogens is 445 g/mol. The highest BCUT2D eigenvalue weighted by molar-refractivity contribution is 6.31. The molecule has 0 radical (unpaired) electrons. The molecule has 0 atom stereocenters. The molecule has 0 bridgehead atoms. The van der Waals surface area contributed by atoms with Crippen LogP contribution in [0.3, 0.4) is 0 Å². The second kappa shape index (κ2) is 8.99. The summed E-state index contributed by atoms with van der Waals surface area (Å²) in [6.45, 7) is 0.0871. The Morgan fingerprint density at radius 1 is 1.00 bits per heavy atom. The Bertz CT molecular complexity index is 904. The first-order valence-corrected chi connectivity index (χ1v) is 8.43. The number of nitrogens with one attached hydrogen (secondary N) is 1. The Morgan fingerprint density at radius 3 is 2.27 bits per heavy atom. The van der Waals surface area contributed by atoms with Crippen molar-refractivity contribution in [3.8, 4) is 11.5 Å². The van der Waals surface area contributed by atoms with E-state index in [0.717, 1.165) is 0 Å². The highest BCUT2D eigenvalue weighted by Gasteiger charge is 2.73. The van der Waals surface area contributed by atoms with Gasteiger partial charge in [-0.2, -0.15) is 35.8 Å². The third kappa shape index (κ3) is 5.26. The molecule has 0 heterocycles. The van der Waals surface area contributed by atoms with Crippen molar-refractivity contribution in [2.45, 2.75) is 24.8 Å². The summed E-state index contributed by atoms with van der Waals surface area (Å²) in [4.78, 5) is 0. The predicted molar refractivity (Wildman–Crippen MR) is 95.5 cm³/mol. The number of halogens is 8. The molecule has 0 saturated heterocycles. The lowest BCUT2D eigenvalue weighted by Crippen LogP contribution is -2.58. The van der Waals surface area contributed by atoms with Crippen LogP contribution in [0, 0.1) is 0 Å². The molecule has 0 aliphatic heterocycles. The van der Waals surface area contributed by atoms with Gasteiger partial charge in [-0.25, -0.2) is 5.43 Å². The lowest BCUT2D eigenvalue weighted by molar-refractivity contribution is -0.361. The SMILES string of the molecule is COc1cc(/C=N/NC(F)(F)C(F)(F)C(F)(F)F)ccc1OCc1ccccc1Cl. The number of hydrazone groups is 1. The van der Waals surface area contributed by atoms with Crippen molar-refractivity contribution in [2.75, 3.05) is 7.11 Å². The fourth-order valence-electron chi connectivity index (χ4n) is 2.09. The van der Waals surface area contributed by atoms with E-state index in [1.807, 2.05) is 0 Å². The second-order valence-corrected chi connectivity index (χ2v) is 6.21. The van der Waals surface area contributed by atoms with Gasteiger partial charge in [-0.1, -0.05) is 29.8 Å². The van der Waals surface area contributed by atoms with E-state index < -0.39 is 18.1 Å². The summed E-state index contributed by atoms with van der Waals surface area (Å²) in [5, 5.41) is 3.26. The standard InChI is InChI=1S/C18H14ClF7N2O2/c1-29-15-8-11(9-27-28-18(25,26)16(20,21)17(22,23)24)6-7-14(15)30-10-12-4-2-3-5-13(12)19/h2-9,28H,10H2,1H3/b27-9+. The summed E-state index contributed by atoms with van der Waals surface area (Å²) in [6, 6.07) is 5.18. The predicted octanol–water partition coefficient (Wildman–Crippen LogP) is 5.64. The van der Waals surface area contributed by atoms with Gasteiger partial charge in [0.1, 0.15) is 6.61 Å². The Morgan fingerprint density at radius 2 is 1.67 bits per heavy atom. The Labute approximate surface area is 171 Å². The molecule has 0 fully saturated rings. The summed E-state index contributed by atoms with van der Waals surface area (Å²) in [5.74, 6) is -5.93. The number of hydrogen-bond acceptors (Lipinski definition) is 4. The maximum absolute atomic E-state index is 13.2. The van der Waals surface area contributed by atoms with E-state index in [-0.39, 0.29) is 23.7 Å². The molecule has 12 heteroatoms. The molecule has 4 nitrogen and oxygen atoms in total. The molecule has 0 amide bonds. The molecule has 2 aromatic carbocycles. The van der Waals surface area contributed by atoms with Crippen LogP contribution in [0.1, 0.15) is 11.1 Å². The number of methoxy groups -OCH3 is 1. The maximum Gasteiger partial charge on any atom is 0.462 e. The van der Waals surface area contributed by atoms with Gasteiger partial charge < -0.3 is 9.47 Å². The van der Waals surface area contributed by atoms with Crippen molar-refractivity contribution in [2.24, 2.45) is 5.10 Å². The third-order valence-corrected chi connectivity index (χ3v) is 4.07. The Balaban J connectivity index is 2.10. The minimum Gasteiger partial charge on any atom is -0.493 e. The fraction of sp³-hybridized carbons (Fsp3) is 0.278. The van der Waals surface area contributed by atoms with E-state index >= 15 is 0 Å². The van der Waals surface area contributed by atoms with Gasteiger partial charge in [-0.3, -0.25) is 0 Å². The fourth-order valence-corrected chi connectivity index (χ4v) is 2.28. The van der Waals surface area contributed by atoms with E-state index in [2.05, 4.69) is 5.10 Å². The topological polar surface area (TPSA) is 42.8 Å². The van der Waals surface area contributed by atoms with Crippen LogP contribution in [-0.2, 0) is 6.61 Å². The van der Waals surface area contributed by atoms with E-state index in [9.17, 15) is 30.7 Å². The molecule has 30 heavy (non-hydrogen) atoms. The van der Waals surface area contributed by atoms with Gasteiger partial charge in [-0.05, 0) is 29.8 Å². The number of rotatable bonds is 8. The summed E-state index contributed by atoms with van der Waals surface area (Å²) in [7, 11) is 1.29. The first-order chi connectivity index (χ1) is 13.9. The van der Waals surface area contributed by atoms with Crippen LogP contribution in [0.5, 0.6) is 11.5 Å². The van der Waals surface area contributed by atoms with Gasteiger partial charge in [0.05, 0.1) is 13.3 Å². The van der Waals surface area contributed by atoms with E-state index in [1.54, 1.807) is 24.3 Å². The number of nitrogens with zero attached hydrogens (tertiary/aromatic N) is 1. The van der Waals surface area contributed by atoms with Crippen LogP contribution in [0.4, 0.5) is 30.7 Å². The molecule has 0 saturated carbocycles. The minimum atomic E-state index is -6.46. The van der Waals surface area contributed by atoms with Crippen LogP contribution in [0.2, 0.25) is 5.02 Å². The highest BCUT2D eigenvalue weighted by Crippen LogP contribution is 2.45. The highest BCUT2D eigenvalue weighted by atomic mass is 35.5. The molecule has 164 valence electrons. The van der Waals surface area contributed by atoms with Crippen LogP contribution in [-0.4, -0.2) is 31.5 Å². The van der Waals surface area contributed by atoms with Gasteiger partial charge in [0.15, 0.2) is 11.5 Å². The van der Waals surface area contributed by atoms with Gasteiger partial charge in [-0.15, -0.1) is 0 Å². The molecule has 1 N–H and O–H groups in total. The molecule has 2 rings (SSSR count). The smallest absolute Gasteiger partial charge is 0.462 e. The lowest BCUT2D eigenvalue weighted by atomic mass is 10.2. The molecule has 0 aliphatic rings. The largest absolute Gasteiger partial charge is 0.493 e. The van der Waals surface area contributed by atoms with Crippen LogP contribution < -0.4 is 14.9 Å². The third-order valence-electron chi connectivity index (χ3n) is 3.70. The summed E-state index contributed by atoms with van der Waals surface area (Å²) in [6.07, 6.45) is -5.83. The molecule has 0 unspecified atom stereocenters. The van der Waals surface area contributed by atoms with Crippen molar-refractivity contribution < 1.29 is 40.2 Å². The van der Waals surface area contributed by atoms with Crippen molar-refractivity contribution in [3.63, 3.8) is 0 Å². The van der Waals surface area contributed by atoms with E-state index in [0.29, 0.717) is 22.2 Å². The van der Waals surface area contributed by atoms with Crippen molar-refractivity contribution in [3.05, 3.63) is 58.6 Å². The average Bonchev–Trinajstić information content (AvgIpc) is 2.66. The number of ether oxygens (including phenoxy) is 2. The first-order valence-electron chi connectivity index (χ1n) is 8.06. The van der Waals surface area contributed by atoms with Gasteiger partial charge in [0.25, 0.3) is 0 Å². The molecular formula is C18H14ClF7N2O2. The minimum absolute atomic E-state index is 0.0653. The molecule has 0 aromatic heterocycles. The zero-order chi connectivity index (χ0) is 22.6. The van der Waals surface area contributed by atoms with Crippen LogP contribution >= 0.6 is 11.6 Å². The maximum atomic E-state index is 13.2. The van der Waals surface area contributed by atoms with Crippen molar-refractivity contribution >= 4 is 17.8 Å². The van der Waals surface area contributed by atoms with E-state index in [4.69, 9.17) is 21.1 Å². The molecule has 0 aliphatic carbocycles. The number of benzene rings is 2. The zero-order valence-electron chi connectivity index (χ0n) is 15.1. The monoisotopic (exact) mass is 458 g/mol. The summed E-state index contributed by atoms with van der Waals surface area (Å²) in [5.41, 5.74) is 1.29.